The van der Waals surface area contributed by atoms with Crippen molar-refractivity contribution in [2.45, 2.75) is 0 Å². The van der Waals surface area contributed by atoms with E-state index in [0.717, 1.165) is 17.0 Å². The number of methoxy groups -OCH3 is 1. The summed E-state index contributed by atoms with van der Waals surface area (Å²) >= 11 is 11.8. The van der Waals surface area contributed by atoms with Crippen LogP contribution in [0.5, 0.6) is 5.75 Å². The number of rotatable bonds is 8. The normalized spacial score (nSPS) is 10.9. The van der Waals surface area contributed by atoms with Crippen molar-refractivity contribution in [3.05, 3.63) is 100 Å². The Balaban J connectivity index is 1.46. The lowest BCUT2D eigenvalue weighted by atomic mass is 10.1. The summed E-state index contributed by atoms with van der Waals surface area (Å²) in [6, 6.07) is 21.6. The highest BCUT2D eigenvalue weighted by atomic mass is 35.5. The van der Waals surface area contributed by atoms with Gasteiger partial charge in [0, 0.05) is 22.9 Å². The summed E-state index contributed by atoms with van der Waals surface area (Å²) in [7, 11) is 1.60. The van der Waals surface area contributed by atoms with E-state index in [0.29, 0.717) is 16.3 Å². The SMILES string of the molecule is COc1ccc(-c2nn(-c3ccccc3)cc2/C=N\NC(=O)CNC(=O)c2ccc(Cl)c(Cl)c2)cc1. The minimum atomic E-state index is -0.499. The van der Waals surface area contributed by atoms with Crippen LogP contribution in [0.15, 0.2) is 84.1 Å². The number of amides is 2. The topological polar surface area (TPSA) is 97.6 Å². The van der Waals surface area contributed by atoms with Gasteiger partial charge in [0.05, 0.1) is 35.6 Å². The van der Waals surface area contributed by atoms with E-state index < -0.39 is 11.8 Å². The number of nitrogens with zero attached hydrogens (tertiary/aromatic N) is 3. The molecule has 0 aliphatic carbocycles. The molecule has 0 aliphatic heterocycles. The molecular formula is C26H21Cl2N5O3. The molecule has 36 heavy (non-hydrogen) atoms. The highest BCUT2D eigenvalue weighted by molar-refractivity contribution is 6.42. The van der Waals surface area contributed by atoms with E-state index in [4.69, 9.17) is 33.0 Å². The molecule has 0 radical (unpaired) electrons. The average Bonchev–Trinajstić information content (AvgIpc) is 3.33. The lowest BCUT2D eigenvalue weighted by Gasteiger charge is -2.05. The van der Waals surface area contributed by atoms with E-state index >= 15 is 0 Å². The molecule has 10 heteroatoms. The number of carbonyl (C=O) groups excluding carboxylic acids is 2. The van der Waals surface area contributed by atoms with Crippen LogP contribution in [0, 0.1) is 0 Å². The van der Waals surface area contributed by atoms with Crippen molar-refractivity contribution in [1.29, 1.82) is 0 Å². The number of nitrogens with one attached hydrogen (secondary N) is 2. The first-order valence-electron chi connectivity index (χ1n) is 10.8. The van der Waals surface area contributed by atoms with E-state index in [1.807, 2.05) is 60.8 Å². The van der Waals surface area contributed by atoms with Gasteiger partial charge in [-0.3, -0.25) is 9.59 Å². The summed E-state index contributed by atoms with van der Waals surface area (Å²) < 4.78 is 6.97. The zero-order valence-electron chi connectivity index (χ0n) is 19.1. The Morgan fingerprint density at radius 3 is 2.47 bits per heavy atom. The first kappa shape index (κ1) is 25.0. The zero-order chi connectivity index (χ0) is 25.5. The van der Waals surface area contributed by atoms with Crippen molar-refractivity contribution in [3.63, 3.8) is 0 Å². The summed E-state index contributed by atoms with van der Waals surface area (Å²) in [4.78, 5) is 24.5. The van der Waals surface area contributed by atoms with Crippen molar-refractivity contribution in [3.8, 4) is 22.7 Å². The van der Waals surface area contributed by atoms with Crippen LogP contribution in [0.4, 0.5) is 0 Å². The zero-order valence-corrected chi connectivity index (χ0v) is 20.6. The van der Waals surface area contributed by atoms with Crippen molar-refractivity contribution < 1.29 is 14.3 Å². The van der Waals surface area contributed by atoms with Crippen LogP contribution in [0.25, 0.3) is 16.9 Å². The first-order valence-corrected chi connectivity index (χ1v) is 11.5. The van der Waals surface area contributed by atoms with Gasteiger partial charge in [-0.2, -0.15) is 10.2 Å². The first-order chi connectivity index (χ1) is 17.4. The monoisotopic (exact) mass is 521 g/mol. The Bertz CT molecular complexity index is 1400. The number of para-hydroxylation sites is 1. The molecule has 1 aromatic heterocycles. The number of aromatic nitrogens is 2. The van der Waals surface area contributed by atoms with Gasteiger partial charge in [-0.1, -0.05) is 41.4 Å². The fourth-order valence-corrected chi connectivity index (χ4v) is 3.58. The second kappa shape index (κ2) is 11.5. The van der Waals surface area contributed by atoms with Crippen LogP contribution < -0.4 is 15.5 Å². The second-order valence-electron chi connectivity index (χ2n) is 7.55. The van der Waals surface area contributed by atoms with E-state index in [-0.39, 0.29) is 17.1 Å². The lowest BCUT2D eigenvalue weighted by molar-refractivity contribution is -0.120. The van der Waals surface area contributed by atoms with Crippen LogP contribution >= 0.6 is 23.2 Å². The van der Waals surface area contributed by atoms with Gasteiger partial charge in [0.25, 0.3) is 11.8 Å². The molecule has 4 rings (SSSR count). The maximum Gasteiger partial charge on any atom is 0.259 e. The number of ether oxygens (including phenoxy) is 1. The average molecular weight is 522 g/mol. The molecule has 4 aromatic rings. The molecular weight excluding hydrogens is 501 g/mol. The van der Waals surface area contributed by atoms with Gasteiger partial charge in [-0.15, -0.1) is 0 Å². The van der Waals surface area contributed by atoms with Crippen molar-refractivity contribution in [2.24, 2.45) is 5.10 Å². The minimum Gasteiger partial charge on any atom is -0.497 e. The maximum absolute atomic E-state index is 12.2. The highest BCUT2D eigenvalue weighted by Crippen LogP contribution is 2.25. The van der Waals surface area contributed by atoms with Gasteiger partial charge in [-0.25, -0.2) is 10.1 Å². The number of hydrogen-bond donors (Lipinski definition) is 2. The standard InChI is InChI=1S/C26H21Cl2N5O3/c1-36-21-10-7-17(8-11-21)25-19(16-33(32-25)20-5-3-2-4-6-20)14-30-31-24(34)15-29-26(35)18-9-12-22(27)23(28)13-18/h2-14,16H,15H2,1H3,(H,29,35)(H,31,34)/b30-14-. The maximum atomic E-state index is 12.2. The van der Waals surface area contributed by atoms with E-state index in [1.54, 1.807) is 11.8 Å². The summed E-state index contributed by atoms with van der Waals surface area (Å²) in [6.45, 7) is -0.273. The Morgan fingerprint density at radius 1 is 1.03 bits per heavy atom. The Labute approximate surface area is 217 Å². The third-order valence-electron chi connectivity index (χ3n) is 5.11. The fraction of sp³-hybridized carbons (Fsp3) is 0.0769. The third kappa shape index (κ3) is 6.10. The number of hydrogen-bond acceptors (Lipinski definition) is 5. The Morgan fingerprint density at radius 2 is 1.78 bits per heavy atom. The largest absolute Gasteiger partial charge is 0.497 e. The molecule has 0 aliphatic rings. The van der Waals surface area contributed by atoms with Crippen molar-refractivity contribution in [1.82, 2.24) is 20.5 Å². The van der Waals surface area contributed by atoms with Gasteiger partial charge in [0.2, 0.25) is 0 Å². The molecule has 1 heterocycles. The third-order valence-corrected chi connectivity index (χ3v) is 5.85. The molecule has 0 unspecified atom stereocenters. The van der Waals surface area contributed by atoms with Crippen LogP contribution in [0.3, 0.4) is 0 Å². The summed E-state index contributed by atoms with van der Waals surface area (Å²) in [5.74, 6) is -0.230. The van der Waals surface area contributed by atoms with E-state index in [2.05, 4.69) is 15.8 Å². The van der Waals surface area contributed by atoms with E-state index in [9.17, 15) is 9.59 Å². The molecule has 0 spiro atoms. The van der Waals surface area contributed by atoms with Crippen LogP contribution in [-0.4, -0.2) is 41.5 Å². The molecule has 3 aromatic carbocycles. The molecule has 0 bridgehead atoms. The summed E-state index contributed by atoms with van der Waals surface area (Å²) in [5.41, 5.74) is 5.79. The molecule has 182 valence electrons. The fourth-order valence-electron chi connectivity index (χ4n) is 3.28. The van der Waals surface area contributed by atoms with E-state index in [1.165, 1.54) is 24.4 Å². The number of benzene rings is 3. The minimum absolute atomic E-state index is 0.252. The van der Waals surface area contributed by atoms with Crippen molar-refractivity contribution in [2.75, 3.05) is 13.7 Å². The Kier molecular flexibility index (Phi) is 7.99. The predicted octanol–water partition coefficient (Wildman–Crippen LogP) is 4.73. The predicted molar refractivity (Wildman–Crippen MR) is 140 cm³/mol. The second-order valence-corrected chi connectivity index (χ2v) is 8.36. The van der Waals surface area contributed by atoms with Crippen molar-refractivity contribution >= 4 is 41.2 Å². The lowest BCUT2D eigenvalue weighted by Crippen LogP contribution is -2.34. The van der Waals surface area contributed by atoms with Gasteiger partial charge < -0.3 is 10.1 Å². The summed E-state index contributed by atoms with van der Waals surface area (Å²) in [5, 5.41) is 11.9. The molecule has 0 atom stereocenters. The molecule has 2 amide bonds. The molecule has 0 fully saturated rings. The van der Waals surface area contributed by atoms with Gasteiger partial charge >= 0.3 is 0 Å². The quantitative estimate of drug-likeness (QED) is 0.258. The number of halogens is 2. The Hall–Kier alpha value is -4.14. The number of hydrazone groups is 1. The highest BCUT2D eigenvalue weighted by Gasteiger charge is 2.12. The summed E-state index contributed by atoms with van der Waals surface area (Å²) in [6.07, 6.45) is 3.32. The number of carbonyl (C=O) groups is 2. The molecule has 0 saturated heterocycles. The van der Waals surface area contributed by atoms with Crippen LogP contribution in [0.1, 0.15) is 15.9 Å². The molecule has 8 nitrogen and oxygen atoms in total. The van der Waals surface area contributed by atoms with Gasteiger partial charge in [0.1, 0.15) is 11.4 Å². The molecule has 0 saturated carbocycles. The van der Waals surface area contributed by atoms with Gasteiger partial charge in [0.15, 0.2) is 0 Å². The molecule has 2 N–H and O–H groups in total. The van der Waals surface area contributed by atoms with Crippen LogP contribution in [-0.2, 0) is 4.79 Å². The van der Waals surface area contributed by atoms with Gasteiger partial charge in [-0.05, 0) is 54.6 Å². The van der Waals surface area contributed by atoms with Crippen LogP contribution in [0.2, 0.25) is 10.0 Å². The smallest absolute Gasteiger partial charge is 0.259 e.